The Hall–Kier alpha value is -2.69. The molecule has 3 heterocycles. The van der Waals surface area contributed by atoms with Crippen LogP contribution in [0.3, 0.4) is 0 Å². The first-order valence-electron chi connectivity index (χ1n) is 5.86. The zero-order valence-electron chi connectivity index (χ0n) is 10.4. The summed E-state index contributed by atoms with van der Waals surface area (Å²) in [7, 11) is 1.74. The highest BCUT2D eigenvalue weighted by Crippen LogP contribution is 2.24. The molecule has 2 aliphatic heterocycles. The Balaban J connectivity index is 1.94. The number of hydrogen-bond acceptors (Lipinski definition) is 3. The quantitative estimate of drug-likeness (QED) is 0.760. The molecule has 2 aliphatic rings. The van der Waals surface area contributed by atoms with Crippen molar-refractivity contribution in [3.63, 3.8) is 0 Å². The third-order valence-corrected chi connectivity index (χ3v) is 3.03. The molecule has 19 heavy (non-hydrogen) atoms. The Morgan fingerprint density at radius 3 is 2.79 bits per heavy atom. The third-order valence-electron chi connectivity index (χ3n) is 3.03. The van der Waals surface area contributed by atoms with Crippen LogP contribution in [0.4, 0.5) is 5.69 Å². The molecule has 1 aromatic rings. The van der Waals surface area contributed by atoms with Gasteiger partial charge in [0, 0.05) is 43.0 Å². The summed E-state index contributed by atoms with van der Waals surface area (Å²) >= 11 is 0. The number of pyridine rings is 2. The Kier molecular flexibility index (Phi) is 2.72. The van der Waals surface area contributed by atoms with E-state index < -0.39 is 0 Å². The Labute approximate surface area is 110 Å². The first-order chi connectivity index (χ1) is 9.25. The van der Waals surface area contributed by atoms with Crippen LogP contribution in [0.2, 0.25) is 0 Å². The number of carbonyl (C=O) groups excluding carboxylic acids is 1. The first kappa shape index (κ1) is 11.4. The number of fused-ring (bicyclic) bond motifs is 1. The Bertz CT molecular complexity index is 677. The number of aromatic amines is 1. The van der Waals surface area contributed by atoms with Crippen LogP contribution in [0.25, 0.3) is 11.3 Å². The van der Waals surface area contributed by atoms with E-state index in [2.05, 4.69) is 15.0 Å². The molecule has 0 unspecified atom stereocenters. The lowest BCUT2D eigenvalue weighted by atomic mass is 10.2. The summed E-state index contributed by atoms with van der Waals surface area (Å²) in [6, 6.07) is 5.33. The van der Waals surface area contributed by atoms with Crippen molar-refractivity contribution in [3.05, 3.63) is 54.7 Å². The highest BCUT2D eigenvalue weighted by atomic mass is 16.2. The maximum absolute atomic E-state index is 12.3. The van der Waals surface area contributed by atoms with Crippen molar-refractivity contribution in [2.45, 2.75) is 0 Å². The van der Waals surface area contributed by atoms with Crippen LogP contribution in [0.1, 0.15) is 10.4 Å². The van der Waals surface area contributed by atoms with E-state index in [1.165, 1.54) is 0 Å². The number of hydrogen-bond donors (Lipinski definition) is 1. The lowest BCUT2D eigenvalue weighted by Crippen LogP contribution is -2.26. The molecule has 1 N–H and O–H groups in total. The van der Waals surface area contributed by atoms with E-state index in [1.807, 2.05) is 6.07 Å². The fraction of sp³-hybridized carbons (Fsp3) is 0.0714. The molecule has 0 bridgehead atoms. The number of aromatic nitrogens is 3. The van der Waals surface area contributed by atoms with E-state index in [0.717, 1.165) is 16.9 Å². The maximum Gasteiger partial charge on any atom is 0.258 e. The monoisotopic (exact) mass is 252 g/mol. The lowest BCUT2D eigenvalue weighted by molar-refractivity contribution is 0.0993. The van der Waals surface area contributed by atoms with Crippen molar-refractivity contribution in [1.29, 1.82) is 0 Å². The van der Waals surface area contributed by atoms with Crippen molar-refractivity contribution in [3.8, 4) is 11.3 Å². The molecule has 1 aromatic heterocycles. The fourth-order valence-corrected chi connectivity index (χ4v) is 1.92. The summed E-state index contributed by atoms with van der Waals surface area (Å²) in [6.45, 7) is 0. The van der Waals surface area contributed by atoms with E-state index in [9.17, 15) is 4.79 Å². The van der Waals surface area contributed by atoms with Gasteiger partial charge in [0.1, 0.15) is 0 Å². The van der Waals surface area contributed by atoms with Crippen LogP contribution >= 0.6 is 0 Å². The van der Waals surface area contributed by atoms with Crippen LogP contribution in [-0.4, -0.2) is 27.9 Å². The molecule has 3 rings (SSSR count). The van der Waals surface area contributed by atoms with Crippen molar-refractivity contribution < 1.29 is 4.79 Å². The molecule has 0 saturated carbocycles. The van der Waals surface area contributed by atoms with Gasteiger partial charge in [-0.1, -0.05) is 0 Å². The summed E-state index contributed by atoms with van der Waals surface area (Å²) in [6.07, 6.45) is 8.53. The van der Waals surface area contributed by atoms with Crippen molar-refractivity contribution >= 4 is 11.6 Å². The normalized spacial score (nSPS) is 10.6. The molecule has 5 nitrogen and oxygen atoms in total. The predicted molar refractivity (Wildman–Crippen MR) is 72.2 cm³/mol. The summed E-state index contributed by atoms with van der Waals surface area (Å²) in [5.74, 6) is -0.0744. The SMILES string of the molecule is CN(C(=O)c1ccncc1)c1c[nH]c2cncc-2c1. The molecular formula is C14H12N4O. The molecule has 0 fully saturated rings. The van der Waals surface area contributed by atoms with E-state index in [0.29, 0.717) is 5.56 Å². The second-order valence-electron chi connectivity index (χ2n) is 4.23. The van der Waals surface area contributed by atoms with Crippen molar-refractivity contribution in [2.75, 3.05) is 11.9 Å². The molecule has 0 aromatic carbocycles. The number of amides is 1. The van der Waals surface area contributed by atoms with Gasteiger partial charge >= 0.3 is 0 Å². The number of nitrogens with one attached hydrogen (secondary N) is 1. The highest BCUT2D eigenvalue weighted by molar-refractivity contribution is 6.05. The summed E-state index contributed by atoms with van der Waals surface area (Å²) in [5.41, 5.74) is 3.33. The number of nitrogens with zero attached hydrogens (tertiary/aromatic N) is 3. The number of carbonyl (C=O) groups is 1. The molecule has 0 aliphatic carbocycles. The minimum Gasteiger partial charge on any atom is -0.358 e. The van der Waals surface area contributed by atoms with Crippen molar-refractivity contribution in [1.82, 2.24) is 15.0 Å². The van der Waals surface area contributed by atoms with Crippen molar-refractivity contribution in [2.24, 2.45) is 0 Å². The second-order valence-corrected chi connectivity index (χ2v) is 4.23. The zero-order chi connectivity index (χ0) is 13.2. The van der Waals surface area contributed by atoms with E-state index in [4.69, 9.17) is 0 Å². The average molecular weight is 252 g/mol. The Morgan fingerprint density at radius 1 is 1.21 bits per heavy atom. The van der Waals surface area contributed by atoms with Gasteiger partial charge in [-0.2, -0.15) is 0 Å². The third kappa shape index (κ3) is 2.06. The van der Waals surface area contributed by atoms with E-state index in [-0.39, 0.29) is 5.91 Å². The maximum atomic E-state index is 12.3. The topological polar surface area (TPSA) is 61.9 Å². The molecule has 0 spiro atoms. The number of rotatable bonds is 2. The largest absolute Gasteiger partial charge is 0.358 e. The lowest BCUT2D eigenvalue weighted by Gasteiger charge is -2.18. The van der Waals surface area contributed by atoms with Crippen LogP contribution < -0.4 is 4.90 Å². The van der Waals surface area contributed by atoms with Gasteiger partial charge < -0.3 is 9.88 Å². The first-order valence-corrected chi connectivity index (χ1v) is 5.86. The van der Waals surface area contributed by atoms with Crippen LogP contribution in [0, 0.1) is 0 Å². The summed E-state index contributed by atoms with van der Waals surface area (Å²) in [4.78, 5) is 25.0. The van der Waals surface area contributed by atoms with Gasteiger partial charge in [0.2, 0.25) is 0 Å². The van der Waals surface area contributed by atoms with Gasteiger partial charge in [0.15, 0.2) is 0 Å². The molecule has 0 atom stereocenters. The zero-order valence-corrected chi connectivity index (χ0v) is 10.4. The Morgan fingerprint density at radius 2 is 2.00 bits per heavy atom. The predicted octanol–water partition coefficient (Wildman–Crippen LogP) is 2.19. The van der Waals surface area contributed by atoms with Gasteiger partial charge in [-0.25, -0.2) is 0 Å². The molecule has 0 radical (unpaired) electrons. The molecular weight excluding hydrogens is 240 g/mol. The van der Waals surface area contributed by atoms with Crippen LogP contribution in [0.5, 0.6) is 0 Å². The minimum absolute atomic E-state index is 0.0744. The van der Waals surface area contributed by atoms with Crippen LogP contribution in [-0.2, 0) is 0 Å². The molecule has 5 heteroatoms. The van der Waals surface area contributed by atoms with Gasteiger partial charge in [0.25, 0.3) is 5.91 Å². The van der Waals surface area contributed by atoms with Gasteiger partial charge in [0.05, 0.1) is 17.6 Å². The highest BCUT2D eigenvalue weighted by Gasteiger charge is 2.15. The summed E-state index contributed by atoms with van der Waals surface area (Å²) < 4.78 is 0. The molecule has 94 valence electrons. The molecule has 0 saturated heterocycles. The number of H-pyrrole nitrogens is 1. The smallest absolute Gasteiger partial charge is 0.258 e. The summed E-state index contributed by atoms with van der Waals surface area (Å²) in [5, 5.41) is 0. The van der Waals surface area contributed by atoms with E-state index in [1.54, 1.807) is 55.1 Å². The van der Waals surface area contributed by atoms with E-state index >= 15 is 0 Å². The van der Waals surface area contributed by atoms with Gasteiger partial charge in [-0.05, 0) is 18.2 Å². The fourth-order valence-electron chi connectivity index (χ4n) is 1.92. The van der Waals surface area contributed by atoms with Gasteiger partial charge in [-0.3, -0.25) is 14.8 Å². The standard InChI is InChI=1S/C14H12N4O/c1-18(14(19)10-2-4-15-5-3-10)12-6-11-7-16-9-13(11)17-8-12/h2-9,17H,1H3. The second kappa shape index (κ2) is 4.53. The molecule has 1 amide bonds. The van der Waals surface area contributed by atoms with Crippen LogP contribution in [0.15, 0.2) is 49.2 Å². The number of anilines is 1. The minimum atomic E-state index is -0.0744. The average Bonchev–Trinajstić information content (AvgIpc) is 2.94. The van der Waals surface area contributed by atoms with Gasteiger partial charge in [-0.15, -0.1) is 0 Å².